The molecule has 0 spiro atoms. The minimum absolute atomic E-state index is 0. The van der Waals surface area contributed by atoms with Crippen LogP contribution in [0.2, 0.25) is 0 Å². The van der Waals surface area contributed by atoms with Gasteiger partial charge in [-0.1, -0.05) is 122 Å². The summed E-state index contributed by atoms with van der Waals surface area (Å²) in [5.74, 6) is 0.833. The van der Waals surface area contributed by atoms with Crippen molar-refractivity contribution in [3.05, 3.63) is 180 Å². The topological polar surface area (TPSA) is 38.9 Å². The number of hydrogen-bond donors (Lipinski definition) is 0. The van der Waals surface area contributed by atoms with Crippen LogP contribution in [-0.4, -0.2) is 9.97 Å². The largest absolute Gasteiger partial charge is 0.500 e. The number of rotatable bonds is 7. The Balaban J connectivity index is 0.000000180. The molecule has 1 fully saturated rings. The standard InChI is InChI=1S/C30H26NO.C18H14N.Ir/c1-2-6-21(7-3-1)16-23-10-12-26-27-20-25(11-13-29(27)32-30(26)19-23)28-18-24(14-15-31-28)17-22-8-4-5-9-22;1-14-13-19-18(16-10-6-3-7-11-16)12-17(14)15-8-4-2-5-9-15;/h1-3,6-7,10,12-15,18-20,22H,4-5,8-9,16-17H2;2-10,12-13H,1H3;/q2*-1;. The second-order valence-electron chi connectivity index (χ2n) is 13.7. The molecule has 1 radical (unpaired) electrons. The van der Waals surface area contributed by atoms with Gasteiger partial charge in [0.2, 0.25) is 0 Å². The summed E-state index contributed by atoms with van der Waals surface area (Å²) in [7, 11) is 0. The van der Waals surface area contributed by atoms with E-state index in [0.717, 1.165) is 63.2 Å². The van der Waals surface area contributed by atoms with Crippen LogP contribution in [0.3, 0.4) is 0 Å². The number of pyridine rings is 2. The van der Waals surface area contributed by atoms with E-state index in [0.29, 0.717) is 0 Å². The maximum Gasteiger partial charge on any atom is 0.121 e. The molecule has 9 rings (SSSR count). The number of aryl methyl sites for hydroxylation is 1. The molecule has 52 heavy (non-hydrogen) atoms. The van der Waals surface area contributed by atoms with E-state index in [4.69, 9.17) is 4.42 Å². The summed E-state index contributed by atoms with van der Waals surface area (Å²) in [6.45, 7) is 2.09. The van der Waals surface area contributed by atoms with Crippen LogP contribution in [0.4, 0.5) is 0 Å². The molecule has 0 N–H and O–H groups in total. The van der Waals surface area contributed by atoms with Crippen molar-refractivity contribution in [3.63, 3.8) is 0 Å². The van der Waals surface area contributed by atoms with Gasteiger partial charge in [-0.05, 0) is 77.0 Å². The average molecular weight is 853 g/mol. The fraction of sp³-hybridized carbons (Fsp3) is 0.167. The molecule has 0 amide bonds. The van der Waals surface area contributed by atoms with Crippen LogP contribution in [0.5, 0.6) is 0 Å². The fourth-order valence-corrected chi connectivity index (χ4v) is 7.30. The molecule has 4 heteroatoms. The third-order valence-electron chi connectivity index (χ3n) is 9.99. The molecule has 8 aromatic rings. The normalized spacial score (nSPS) is 12.7. The van der Waals surface area contributed by atoms with E-state index >= 15 is 0 Å². The summed E-state index contributed by atoms with van der Waals surface area (Å²) in [6.07, 6.45) is 11.4. The summed E-state index contributed by atoms with van der Waals surface area (Å²) in [4.78, 5) is 9.16. The summed E-state index contributed by atoms with van der Waals surface area (Å²) < 4.78 is 6.18. The van der Waals surface area contributed by atoms with Gasteiger partial charge in [-0.25, -0.2) is 0 Å². The van der Waals surface area contributed by atoms with Crippen molar-refractivity contribution in [2.45, 2.75) is 45.4 Å². The van der Waals surface area contributed by atoms with E-state index in [1.807, 2.05) is 48.8 Å². The van der Waals surface area contributed by atoms with Crippen molar-refractivity contribution in [2.75, 3.05) is 0 Å². The number of benzene rings is 5. The zero-order valence-corrected chi connectivity index (χ0v) is 31.7. The molecule has 0 unspecified atom stereocenters. The van der Waals surface area contributed by atoms with Crippen LogP contribution < -0.4 is 0 Å². The van der Waals surface area contributed by atoms with Crippen molar-refractivity contribution in [2.24, 2.45) is 5.92 Å². The molecule has 1 aliphatic rings. The predicted octanol–water partition coefficient (Wildman–Crippen LogP) is 12.3. The van der Waals surface area contributed by atoms with E-state index in [9.17, 15) is 0 Å². The number of hydrogen-bond acceptors (Lipinski definition) is 3. The SMILES string of the molecule is Cc1cnc(-c2[c-]cccc2)cc1-c1ccccc1.[Ir].[c-]1cc2oc3cc(Cc4ccccc4)ccc3c2cc1-c1cc(CC2CCCC2)ccn1. The van der Waals surface area contributed by atoms with Gasteiger partial charge in [0, 0.05) is 37.9 Å². The zero-order valence-electron chi connectivity index (χ0n) is 29.3. The van der Waals surface area contributed by atoms with Crippen molar-refractivity contribution in [1.29, 1.82) is 0 Å². The Bertz CT molecular complexity index is 2380. The van der Waals surface area contributed by atoms with Crippen LogP contribution >= 0.6 is 0 Å². The molecule has 259 valence electrons. The summed E-state index contributed by atoms with van der Waals surface area (Å²) in [5, 5.41) is 2.28. The molecular formula is C48H40IrN2O-2. The van der Waals surface area contributed by atoms with Crippen LogP contribution in [-0.2, 0) is 32.9 Å². The fourth-order valence-electron chi connectivity index (χ4n) is 7.30. The van der Waals surface area contributed by atoms with Gasteiger partial charge < -0.3 is 14.4 Å². The summed E-state index contributed by atoms with van der Waals surface area (Å²) >= 11 is 0. The average Bonchev–Trinajstić information content (AvgIpc) is 3.83. The first kappa shape index (κ1) is 35.3. The molecule has 5 aromatic carbocycles. The molecule has 0 aliphatic heterocycles. The monoisotopic (exact) mass is 853 g/mol. The Morgan fingerprint density at radius 2 is 1.42 bits per heavy atom. The number of aromatic nitrogens is 2. The molecule has 0 atom stereocenters. The van der Waals surface area contributed by atoms with Gasteiger partial charge in [0.25, 0.3) is 0 Å². The van der Waals surface area contributed by atoms with E-state index in [-0.39, 0.29) is 20.1 Å². The van der Waals surface area contributed by atoms with Gasteiger partial charge in [-0.15, -0.1) is 59.7 Å². The third-order valence-corrected chi connectivity index (χ3v) is 9.99. The van der Waals surface area contributed by atoms with E-state index in [1.54, 1.807) is 0 Å². The number of furan rings is 1. The van der Waals surface area contributed by atoms with Crippen LogP contribution in [0.25, 0.3) is 55.6 Å². The molecule has 1 aliphatic carbocycles. The van der Waals surface area contributed by atoms with Gasteiger partial charge in [0.1, 0.15) is 5.58 Å². The smallest absolute Gasteiger partial charge is 0.121 e. The van der Waals surface area contributed by atoms with Gasteiger partial charge in [0.05, 0.1) is 5.58 Å². The third kappa shape index (κ3) is 8.15. The van der Waals surface area contributed by atoms with Gasteiger partial charge in [-0.3, -0.25) is 0 Å². The Kier molecular flexibility index (Phi) is 11.2. The minimum Gasteiger partial charge on any atom is -0.500 e. The van der Waals surface area contributed by atoms with Gasteiger partial charge in [-0.2, -0.15) is 0 Å². The van der Waals surface area contributed by atoms with Crippen molar-refractivity contribution >= 4 is 21.9 Å². The van der Waals surface area contributed by atoms with Crippen LogP contribution in [0.15, 0.2) is 150 Å². The van der Waals surface area contributed by atoms with E-state index < -0.39 is 0 Å². The molecule has 1 saturated carbocycles. The van der Waals surface area contributed by atoms with Gasteiger partial charge >= 0.3 is 0 Å². The molecule has 3 aromatic heterocycles. The first-order chi connectivity index (χ1) is 25.2. The van der Waals surface area contributed by atoms with Crippen molar-refractivity contribution in [3.8, 4) is 33.6 Å². The molecule has 0 saturated heterocycles. The molecule has 3 heterocycles. The summed E-state index contributed by atoms with van der Waals surface area (Å²) in [5.41, 5.74) is 13.4. The molecular weight excluding hydrogens is 813 g/mol. The van der Waals surface area contributed by atoms with Crippen LogP contribution in [0, 0.1) is 25.0 Å². The second kappa shape index (κ2) is 16.5. The van der Waals surface area contributed by atoms with Crippen molar-refractivity contribution < 1.29 is 24.5 Å². The van der Waals surface area contributed by atoms with Gasteiger partial charge in [0.15, 0.2) is 0 Å². The zero-order chi connectivity index (χ0) is 34.4. The minimum atomic E-state index is 0. The van der Waals surface area contributed by atoms with E-state index in [1.165, 1.54) is 59.1 Å². The first-order valence-corrected chi connectivity index (χ1v) is 18.0. The first-order valence-electron chi connectivity index (χ1n) is 18.0. The maximum absolute atomic E-state index is 6.18. The van der Waals surface area contributed by atoms with Crippen molar-refractivity contribution in [1.82, 2.24) is 9.97 Å². The Morgan fingerprint density at radius 1 is 0.654 bits per heavy atom. The molecule has 3 nitrogen and oxygen atoms in total. The number of fused-ring (bicyclic) bond motifs is 3. The quantitative estimate of drug-likeness (QED) is 0.150. The van der Waals surface area contributed by atoms with Crippen LogP contribution in [0.1, 0.15) is 47.9 Å². The Hall–Kier alpha value is -5.15. The molecule has 0 bridgehead atoms. The maximum atomic E-state index is 6.18. The Labute approximate surface area is 320 Å². The number of nitrogens with zero attached hydrogens (tertiary/aromatic N) is 2. The second-order valence-corrected chi connectivity index (χ2v) is 13.7. The predicted molar refractivity (Wildman–Crippen MR) is 209 cm³/mol. The Morgan fingerprint density at radius 3 is 2.21 bits per heavy atom. The summed E-state index contributed by atoms with van der Waals surface area (Å²) in [6, 6.07) is 52.8. The van der Waals surface area contributed by atoms with E-state index in [2.05, 4.69) is 126 Å².